The third kappa shape index (κ3) is 2.79. The lowest BCUT2D eigenvalue weighted by Crippen LogP contribution is -2.33. The van der Waals surface area contributed by atoms with E-state index in [1.807, 2.05) is 24.3 Å². The number of hydrogen-bond donors (Lipinski definition) is 1. The van der Waals surface area contributed by atoms with E-state index in [0.29, 0.717) is 6.61 Å². The Bertz CT molecular complexity index is 566. The topological polar surface area (TPSA) is 56.3 Å². The van der Waals surface area contributed by atoms with Gasteiger partial charge in [0.2, 0.25) is 0 Å². The Hall–Kier alpha value is -1.98. The molecule has 0 amide bonds. The summed E-state index contributed by atoms with van der Waals surface area (Å²) >= 11 is 0. The smallest absolute Gasteiger partial charge is 0.118 e. The van der Waals surface area contributed by atoms with Crippen LogP contribution in [-0.4, -0.2) is 36.8 Å². The van der Waals surface area contributed by atoms with Crippen molar-refractivity contribution < 1.29 is 9.47 Å². The fourth-order valence-corrected chi connectivity index (χ4v) is 2.19. The quantitative estimate of drug-likeness (QED) is 0.922. The second kappa shape index (κ2) is 5.98. The van der Waals surface area contributed by atoms with Crippen LogP contribution in [0.4, 0.5) is 0 Å². The first-order valence-corrected chi connectivity index (χ1v) is 6.65. The van der Waals surface area contributed by atoms with Crippen LogP contribution in [0.3, 0.4) is 0 Å². The Labute approximate surface area is 118 Å². The van der Waals surface area contributed by atoms with E-state index in [9.17, 15) is 0 Å². The Kier molecular flexibility index (Phi) is 3.90. The molecule has 20 heavy (non-hydrogen) atoms. The van der Waals surface area contributed by atoms with Gasteiger partial charge in [-0.05, 0) is 24.3 Å². The fourth-order valence-electron chi connectivity index (χ4n) is 2.19. The molecule has 0 aliphatic carbocycles. The second-order valence-electron chi connectivity index (χ2n) is 4.62. The van der Waals surface area contributed by atoms with Gasteiger partial charge in [-0.2, -0.15) is 0 Å². The summed E-state index contributed by atoms with van der Waals surface area (Å²) < 4.78 is 10.9. The number of morpholine rings is 1. The van der Waals surface area contributed by atoms with Gasteiger partial charge in [-0.25, -0.2) is 4.98 Å². The summed E-state index contributed by atoms with van der Waals surface area (Å²) in [5.41, 5.74) is 2.73. The van der Waals surface area contributed by atoms with E-state index < -0.39 is 0 Å². The molecule has 0 unspecified atom stereocenters. The van der Waals surface area contributed by atoms with Crippen molar-refractivity contribution in [1.29, 1.82) is 0 Å². The molecule has 1 aromatic carbocycles. The van der Waals surface area contributed by atoms with Crippen LogP contribution in [0.2, 0.25) is 0 Å². The first kappa shape index (κ1) is 13.0. The van der Waals surface area contributed by atoms with Gasteiger partial charge in [-0.15, -0.1) is 0 Å². The highest BCUT2D eigenvalue weighted by Gasteiger charge is 2.17. The van der Waals surface area contributed by atoms with E-state index in [1.165, 1.54) is 0 Å². The minimum absolute atomic E-state index is 0.0190. The Morgan fingerprint density at radius 3 is 2.80 bits per heavy atom. The lowest BCUT2D eigenvalue weighted by molar-refractivity contribution is 0.0248. The maximum Gasteiger partial charge on any atom is 0.118 e. The lowest BCUT2D eigenvalue weighted by atomic mass is 10.1. The molecule has 0 spiro atoms. The SMILES string of the molecule is COc1ccc(-c2cncc([C@H]3CNCCO3)n2)cc1. The minimum atomic E-state index is -0.0190. The summed E-state index contributed by atoms with van der Waals surface area (Å²) in [4.78, 5) is 8.93. The molecular weight excluding hydrogens is 254 g/mol. The van der Waals surface area contributed by atoms with Crippen LogP contribution in [0.25, 0.3) is 11.3 Å². The van der Waals surface area contributed by atoms with Crippen molar-refractivity contribution in [2.24, 2.45) is 0 Å². The molecule has 5 heteroatoms. The highest BCUT2D eigenvalue weighted by molar-refractivity contribution is 5.59. The number of nitrogens with zero attached hydrogens (tertiary/aromatic N) is 2. The van der Waals surface area contributed by atoms with E-state index in [-0.39, 0.29) is 6.10 Å². The summed E-state index contributed by atoms with van der Waals surface area (Å²) in [5, 5.41) is 3.30. The number of rotatable bonds is 3. The summed E-state index contributed by atoms with van der Waals surface area (Å²) in [5.74, 6) is 0.831. The third-order valence-electron chi connectivity index (χ3n) is 3.30. The zero-order valence-corrected chi connectivity index (χ0v) is 11.4. The molecule has 1 aromatic heterocycles. The molecule has 2 aromatic rings. The van der Waals surface area contributed by atoms with Crippen LogP contribution in [0, 0.1) is 0 Å². The van der Waals surface area contributed by atoms with Gasteiger partial charge in [-0.3, -0.25) is 4.98 Å². The molecule has 1 aliphatic rings. The average molecular weight is 271 g/mol. The molecule has 3 rings (SSSR count). The maximum atomic E-state index is 5.71. The molecule has 5 nitrogen and oxygen atoms in total. The van der Waals surface area contributed by atoms with Gasteiger partial charge in [0.05, 0.1) is 37.5 Å². The van der Waals surface area contributed by atoms with Crippen molar-refractivity contribution in [2.45, 2.75) is 6.10 Å². The Balaban J connectivity index is 1.85. The number of aromatic nitrogens is 2. The van der Waals surface area contributed by atoms with E-state index in [0.717, 1.165) is 35.8 Å². The van der Waals surface area contributed by atoms with E-state index in [2.05, 4.69) is 15.3 Å². The molecule has 0 radical (unpaired) electrons. The van der Waals surface area contributed by atoms with Crippen LogP contribution >= 0.6 is 0 Å². The van der Waals surface area contributed by atoms with Gasteiger partial charge in [0.1, 0.15) is 11.9 Å². The molecule has 2 heterocycles. The highest BCUT2D eigenvalue weighted by Crippen LogP contribution is 2.22. The standard InChI is InChI=1S/C15H17N3O2/c1-19-12-4-2-11(3-5-12)13-8-17-9-14(18-13)15-10-16-6-7-20-15/h2-5,8-9,15-16H,6-7,10H2,1H3/t15-/m1/s1. The van der Waals surface area contributed by atoms with Gasteiger partial charge < -0.3 is 14.8 Å². The van der Waals surface area contributed by atoms with Crippen LogP contribution in [0.5, 0.6) is 5.75 Å². The molecule has 1 fully saturated rings. The number of benzene rings is 1. The van der Waals surface area contributed by atoms with E-state index in [1.54, 1.807) is 19.5 Å². The highest BCUT2D eigenvalue weighted by atomic mass is 16.5. The zero-order valence-electron chi connectivity index (χ0n) is 11.4. The Morgan fingerprint density at radius 1 is 1.25 bits per heavy atom. The number of nitrogens with one attached hydrogen (secondary N) is 1. The van der Waals surface area contributed by atoms with Gasteiger partial charge in [0, 0.05) is 18.7 Å². The fraction of sp³-hybridized carbons (Fsp3) is 0.333. The minimum Gasteiger partial charge on any atom is -0.497 e. The van der Waals surface area contributed by atoms with Crippen molar-refractivity contribution in [1.82, 2.24) is 15.3 Å². The number of hydrogen-bond acceptors (Lipinski definition) is 5. The van der Waals surface area contributed by atoms with Crippen LogP contribution in [0.1, 0.15) is 11.8 Å². The normalized spacial score (nSPS) is 18.8. The predicted octanol–water partition coefficient (Wildman–Crippen LogP) is 1.81. The average Bonchev–Trinajstić information content (AvgIpc) is 2.56. The number of methoxy groups -OCH3 is 1. The molecular formula is C15H17N3O2. The van der Waals surface area contributed by atoms with E-state index >= 15 is 0 Å². The summed E-state index contributed by atoms with van der Waals surface area (Å²) in [6.07, 6.45) is 3.51. The molecule has 0 bridgehead atoms. The van der Waals surface area contributed by atoms with Crippen LogP contribution < -0.4 is 10.1 Å². The molecule has 1 aliphatic heterocycles. The van der Waals surface area contributed by atoms with Crippen molar-refractivity contribution in [2.75, 3.05) is 26.8 Å². The first-order chi connectivity index (χ1) is 9.86. The van der Waals surface area contributed by atoms with Gasteiger partial charge >= 0.3 is 0 Å². The zero-order chi connectivity index (χ0) is 13.8. The summed E-state index contributed by atoms with van der Waals surface area (Å²) in [6.45, 7) is 2.38. The largest absolute Gasteiger partial charge is 0.497 e. The van der Waals surface area contributed by atoms with Crippen molar-refractivity contribution >= 4 is 0 Å². The van der Waals surface area contributed by atoms with Crippen LogP contribution in [-0.2, 0) is 4.74 Å². The summed E-state index contributed by atoms with van der Waals surface area (Å²) in [7, 11) is 1.66. The molecule has 1 N–H and O–H groups in total. The first-order valence-electron chi connectivity index (χ1n) is 6.65. The monoisotopic (exact) mass is 271 g/mol. The van der Waals surface area contributed by atoms with Gasteiger partial charge in [-0.1, -0.05) is 0 Å². The Morgan fingerprint density at radius 2 is 2.10 bits per heavy atom. The maximum absolute atomic E-state index is 5.71. The predicted molar refractivity (Wildman–Crippen MR) is 75.6 cm³/mol. The molecule has 0 saturated carbocycles. The van der Waals surface area contributed by atoms with Crippen LogP contribution in [0.15, 0.2) is 36.7 Å². The molecule has 1 atom stereocenters. The van der Waals surface area contributed by atoms with E-state index in [4.69, 9.17) is 9.47 Å². The van der Waals surface area contributed by atoms with Crippen molar-refractivity contribution in [3.63, 3.8) is 0 Å². The second-order valence-corrected chi connectivity index (χ2v) is 4.62. The number of ether oxygens (including phenoxy) is 2. The summed E-state index contributed by atoms with van der Waals surface area (Å²) in [6, 6.07) is 7.80. The molecule has 1 saturated heterocycles. The van der Waals surface area contributed by atoms with Gasteiger partial charge in [0.25, 0.3) is 0 Å². The third-order valence-corrected chi connectivity index (χ3v) is 3.30. The molecule has 104 valence electrons. The van der Waals surface area contributed by atoms with Gasteiger partial charge in [0.15, 0.2) is 0 Å². The van der Waals surface area contributed by atoms with Crippen molar-refractivity contribution in [3.8, 4) is 17.0 Å². The van der Waals surface area contributed by atoms with Crippen molar-refractivity contribution in [3.05, 3.63) is 42.4 Å². The lowest BCUT2D eigenvalue weighted by Gasteiger charge is -2.23.